The van der Waals surface area contributed by atoms with Crippen molar-refractivity contribution in [2.45, 2.75) is 38.6 Å². The third-order valence-corrected chi connectivity index (χ3v) is 5.82. The zero-order chi connectivity index (χ0) is 15.1. The van der Waals surface area contributed by atoms with Gasteiger partial charge in [0, 0.05) is 36.3 Å². The number of hydrogen-bond donors (Lipinski definition) is 2. The van der Waals surface area contributed by atoms with Crippen LogP contribution in [0.2, 0.25) is 0 Å². The lowest BCUT2D eigenvalue weighted by Gasteiger charge is -2.36. The summed E-state index contributed by atoms with van der Waals surface area (Å²) in [5.41, 5.74) is 4.21. The quantitative estimate of drug-likeness (QED) is 0.891. The molecular weight excluding hydrogens is 272 g/mol. The Morgan fingerprint density at radius 2 is 2.09 bits per heavy atom. The summed E-state index contributed by atoms with van der Waals surface area (Å²) in [6, 6.07) is 9.14. The number of nitrogens with zero attached hydrogens (tertiary/aromatic N) is 1. The van der Waals surface area contributed by atoms with E-state index in [9.17, 15) is 5.11 Å². The Kier molecular flexibility index (Phi) is 3.71. The van der Waals surface area contributed by atoms with Gasteiger partial charge in [0.15, 0.2) is 0 Å². The van der Waals surface area contributed by atoms with Crippen molar-refractivity contribution >= 4 is 10.9 Å². The van der Waals surface area contributed by atoms with Crippen molar-refractivity contribution in [1.82, 2.24) is 9.88 Å². The molecule has 2 aliphatic rings. The Morgan fingerprint density at radius 3 is 2.91 bits per heavy atom. The van der Waals surface area contributed by atoms with E-state index in [4.69, 9.17) is 0 Å². The Labute approximate surface area is 132 Å². The second-order valence-corrected chi connectivity index (χ2v) is 7.12. The first kappa shape index (κ1) is 14.3. The molecule has 0 bridgehead atoms. The predicted molar refractivity (Wildman–Crippen MR) is 89.9 cm³/mol. The monoisotopic (exact) mass is 298 g/mol. The summed E-state index contributed by atoms with van der Waals surface area (Å²) in [6.07, 6.45) is 4.64. The minimum Gasteiger partial charge on any atom is -0.396 e. The summed E-state index contributed by atoms with van der Waals surface area (Å²) < 4.78 is 0. The normalized spacial score (nSPS) is 29.1. The Balaban J connectivity index is 1.75. The second-order valence-electron chi connectivity index (χ2n) is 7.12. The van der Waals surface area contributed by atoms with E-state index in [2.05, 4.69) is 41.1 Å². The molecule has 0 amide bonds. The van der Waals surface area contributed by atoms with Gasteiger partial charge in [-0.2, -0.15) is 0 Å². The zero-order valence-electron chi connectivity index (χ0n) is 13.4. The van der Waals surface area contributed by atoms with E-state index < -0.39 is 0 Å². The number of rotatable bonds is 2. The standard InChI is InChI=1S/C19H26N2O/c1-2-13-9-14(12-22)10-18-19-16(7-8-21(18)11-13)15-5-3-4-6-17(15)20-19/h3-6,13-14,18,20,22H,2,7-12H2,1H3/t13-,14-,18?/m1/s1. The van der Waals surface area contributed by atoms with Crippen molar-refractivity contribution < 1.29 is 5.11 Å². The molecule has 3 heterocycles. The number of aliphatic hydroxyl groups is 1. The largest absolute Gasteiger partial charge is 0.396 e. The lowest BCUT2D eigenvalue weighted by molar-refractivity contribution is 0.153. The molecule has 3 nitrogen and oxygen atoms in total. The summed E-state index contributed by atoms with van der Waals surface area (Å²) in [5, 5.41) is 11.2. The fourth-order valence-corrected chi connectivity index (χ4v) is 4.59. The summed E-state index contributed by atoms with van der Waals surface area (Å²) in [6.45, 7) is 4.97. The van der Waals surface area contributed by atoms with E-state index in [0.29, 0.717) is 18.6 Å². The maximum absolute atomic E-state index is 9.78. The predicted octanol–water partition coefficient (Wildman–Crippen LogP) is 3.50. The van der Waals surface area contributed by atoms with Crippen LogP contribution in [0.5, 0.6) is 0 Å². The summed E-state index contributed by atoms with van der Waals surface area (Å²) >= 11 is 0. The second kappa shape index (κ2) is 5.71. The van der Waals surface area contributed by atoms with Gasteiger partial charge in [-0.3, -0.25) is 4.90 Å². The van der Waals surface area contributed by atoms with E-state index in [1.165, 1.54) is 41.5 Å². The number of hydrogen-bond acceptors (Lipinski definition) is 2. The van der Waals surface area contributed by atoms with Crippen LogP contribution in [0.15, 0.2) is 24.3 Å². The van der Waals surface area contributed by atoms with Gasteiger partial charge >= 0.3 is 0 Å². The first-order chi connectivity index (χ1) is 10.8. The Morgan fingerprint density at radius 1 is 1.23 bits per heavy atom. The summed E-state index contributed by atoms with van der Waals surface area (Å²) in [5.74, 6) is 1.17. The molecule has 3 atom stereocenters. The van der Waals surface area contributed by atoms with Gasteiger partial charge in [-0.25, -0.2) is 0 Å². The molecule has 2 N–H and O–H groups in total. The third-order valence-electron chi connectivity index (χ3n) is 5.82. The average Bonchev–Trinajstić information content (AvgIpc) is 2.82. The molecule has 1 saturated heterocycles. The van der Waals surface area contributed by atoms with Gasteiger partial charge in [0.2, 0.25) is 0 Å². The maximum atomic E-state index is 9.78. The smallest absolute Gasteiger partial charge is 0.0505 e. The van der Waals surface area contributed by atoms with Crippen molar-refractivity contribution in [1.29, 1.82) is 0 Å². The van der Waals surface area contributed by atoms with Crippen LogP contribution in [-0.2, 0) is 6.42 Å². The molecule has 0 aliphatic carbocycles. The number of H-pyrrole nitrogens is 1. The van der Waals surface area contributed by atoms with Gasteiger partial charge in [-0.05, 0) is 42.7 Å². The molecule has 0 spiro atoms. The van der Waals surface area contributed by atoms with Crippen molar-refractivity contribution in [3.05, 3.63) is 35.5 Å². The van der Waals surface area contributed by atoms with Crippen molar-refractivity contribution in [2.24, 2.45) is 11.8 Å². The molecule has 0 saturated carbocycles. The van der Waals surface area contributed by atoms with Gasteiger partial charge in [0.1, 0.15) is 0 Å². The number of para-hydroxylation sites is 1. The van der Waals surface area contributed by atoms with Crippen LogP contribution in [-0.4, -0.2) is 34.7 Å². The number of aromatic amines is 1. The molecular formula is C19H26N2O. The maximum Gasteiger partial charge on any atom is 0.0505 e. The molecule has 2 aromatic rings. The highest BCUT2D eigenvalue weighted by molar-refractivity contribution is 5.85. The Bertz CT molecular complexity index is 662. The topological polar surface area (TPSA) is 39.3 Å². The van der Waals surface area contributed by atoms with E-state index >= 15 is 0 Å². The zero-order valence-corrected chi connectivity index (χ0v) is 13.4. The molecule has 118 valence electrons. The van der Waals surface area contributed by atoms with Crippen LogP contribution in [0.1, 0.15) is 43.5 Å². The van der Waals surface area contributed by atoms with Gasteiger partial charge < -0.3 is 10.1 Å². The summed E-state index contributed by atoms with van der Waals surface area (Å²) in [7, 11) is 0. The van der Waals surface area contributed by atoms with Gasteiger partial charge in [-0.1, -0.05) is 31.5 Å². The molecule has 1 fully saturated rings. The fourth-order valence-electron chi connectivity index (χ4n) is 4.59. The molecule has 22 heavy (non-hydrogen) atoms. The molecule has 2 aliphatic heterocycles. The van der Waals surface area contributed by atoms with E-state index in [0.717, 1.165) is 25.3 Å². The van der Waals surface area contributed by atoms with E-state index in [-0.39, 0.29) is 0 Å². The minimum atomic E-state index is 0.330. The molecule has 1 aromatic heterocycles. The first-order valence-electron chi connectivity index (χ1n) is 8.74. The highest BCUT2D eigenvalue weighted by Gasteiger charge is 2.36. The van der Waals surface area contributed by atoms with Crippen LogP contribution >= 0.6 is 0 Å². The van der Waals surface area contributed by atoms with Crippen LogP contribution in [0.4, 0.5) is 0 Å². The number of aromatic nitrogens is 1. The van der Waals surface area contributed by atoms with E-state index in [1.54, 1.807) is 0 Å². The molecule has 1 unspecified atom stereocenters. The van der Waals surface area contributed by atoms with Crippen molar-refractivity contribution in [3.63, 3.8) is 0 Å². The first-order valence-corrected chi connectivity index (χ1v) is 8.74. The number of nitrogens with one attached hydrogen (secondary N) is 1. The van der Waals surface area contributed by atoms with Crippen molar-refractivity contribution in [3.8, 4) is 0 Å². The number of benzene rings is 1. The Hall–Kier alpha value is -1.32. The molecule has 4 rings (SSSR count). The van der Waals surface area contributed by atoms with Crippen LogP contribution in [0, 0.1) is 11.8 Å². The summed E-state index contributed by atoms with van der Waals surface area (Å²) in [4.78, 5) is 6.37. The SMILES string of the molecule is CC[C@@H]1C[C@@H](CO)CC2c3[nH]c4ccccc4c3CCN2C1. The van der Waals surface area contributed by atoms with Gasteiger partial charge in [0.25, 0.3) is 0 Å². The number of fused-ring (bicyclic) bond motifs is 5. The fraction of sp³-hybridized carbons (Fsp3) is 0.579. The average molecular weight is 298 g/mol. The van der Waals surface area contributed by atoms with Gasteiger partial charge in [0.05, 0.1) is 6.04 Å². The van der Waals surface area contributed by atoms with E-state index in [1.807, 2.05) is 0 Å². The van der Waals surface area contributed by atoms with Crippen LogP contribution in [0.25, 0.3) is 10.9 Å². The molecule has 3 heteroatoms. The highest BCUT2D eigenvalue weighted by atomic mass is 16.3. The lowest BCUT2D eigenvalue weighted by Crippen LogP contribution is -2.37. The van der Waals surface area contributed by atoms with Crippen LogP contribution < -0.4 is 0 Å². The van der Waals surface area contributed by atoms with Gasteiger partial charge in [-0.15, -0.1) is 0 Å². The lowest BCUT2D eigenvalue weighted by atomic mass is 9.89. The number of aliphatic hydroxyl groups excluding tert-OH is 1. The molecule has 1 aromatic carbocycles. The van der Waals surface area contributed by atoms with Crippen LogP contribution in [0.3, 0.4) is 0 Å². The molecule has 0 radical (unpaired) electrons. The minimum absolute atomic E-state index is 0.330. The van der Waals surface area contributed by atoms with Crippen molar-refractivity contribution in [2.75, 3.05) is 19.7 Å². The highest BCUT2D eigenvalue weighted by Crippen LogP contribution is 2.41. The third kappa shape index (κ3) is 2.27.